The SMILES string of the molecule is COC1=C[C](C(=O)O)NC=C1. The number of hydrogen-bond donors (Lipinski definition) is 2. The summed E-state index contributed by atoms with van der Waals surface area (Å²) in [6.07, 6.45) is 4.58. The summed E-state index contributed by atoms with van der Waals surface area (Å²) >= 11 is 0. The number of carbonyl (C=O) groups is 1. The van der Waals surface area contributed by atoms with E-state index >= 15 is 0 Å². The third kappa shape index (κ3) is 1.73. The molecule has 0 aromatic rings. The van der Waals surface area contributed by atoms with Gasteiger partial charge >= 0.3 is 5.97 Å². The van der Waals surface area contributed by atoms with Gasteiger partial charge in [-0.25, -0.2) is 4.79 Å². The summed E-state index contributed by atoms with van der Waals surface area (Å²) in [7, 11) is 1.49. The zero-order chi connectivity index (χ0) is 8.27. The van der Waals surface area contributed by atoms with E-state index in [4.69, 9.17) is 9.84 Å². The fourth-order valence-corrected chi connectivity index (χ4v) is 0.696. The molecule has 0 bridgehead atoms. The lowest BCUT2D eigenvalue weighted by molar-refractivity contribution is -0.134. The Morgan fingerprint density at radius 1 is 1.73 bits per heavy atom. The number of allylic oxidation sites excluding steroid dienone is 1. The Labute approximate surface area is 64.2 Å². The van der Waals surface area contributed by atoms with Crippen LogP contribution in [0.3, 0.4) is 0 Å². The lowest BCUT2D eigenvalue weighted by atomic mass is 10.2. The number of hydrogen-bond acceptors (Lipinski definition) is 3. The van der Waals surface area contributed by atoms with Crippen LogP contribution >= 0.6 is 0 Å². The molecular formula is C7H8NO3. The molecule has 4 nitrogen and oxygen atoms in total. The molecule has 0 aliphatic carbocycles. The van der Waals surface area contributed by atoms with Crippen molar-refractivity contribution in [2.24, 2.45) is 0 Å². The number of rotatable bonds is 2. The van der Waals surface area contributed by atoms with Crippen LogP contribution in [0.1, 0.15) is 0 Å². The average Bonchev–Trinajstić information content (AvgIpc) is 2.05. The third-order valence-electron chi connectivity index (χ3n) is 1.24. The minimum atomic E-state index is -0.996. The van der Waals surface area contributed by atoms with Gasteiger partial charge in [0.1, 0.15) is 5.76 Å². The van der Waals surface area contributed by atoms with Crippen molar-refractivity contribution in [1.29, 1.82) is 0 Å². The van der Waals surface area contributed by atoms with E-state index in [9.17, 15) is 4.79 Å². The van der Waals surface area contributed by atoms with Crippen molar-refractivity contribution >= 4 is 5.97 Å². The zero-order valence-corrected chi connectivity index (χ0v) is 6.00. The molecule has 0 amide bonds. The van der Waals surface area contributed by atoms with Crippen molar-refractivity contribution < 1.29 is 14.6 Å². The van der Waals surface area contributed by atoms with E-state index in [0.29, 0.717) is 5.76 Å². The Morgan fingerprint density at radius 2 is 2.45 bits per heavy atom. The Kier molecular flexibility index (Phi) is 2.15. The maximum atomic E-state index is 10.4. The molecular weight excluding hydrogens is 146 g/mol. The van der Waals surface area contributed by atoms with Crippen LogP contribution in [-0.2, 0) is 9.53 Å². The Morgan fingerprint density at radius 3 is 3.00 bits per heavy atom. The highest BCUT2D eigenvalue weighted by Crippen LogP contribution is 2.09. The maximum Gasteiger partial charge on any atom is 0.337 e. The first-order valence-corrected chi connectivity index (χ1v) is 3.03. The monoisotopic (exact) mass is 154 g/mol. The number of carboxylic acid groups (broad SMARTS) is 1. The third-order valence-corrected chi connectivity index (χ3v) is 1.24. The number of dihydropyridines is 1. The van der Waals surface area contributed by atoms with Crippen molar-refractivity contribution in [3.8, 4) is 0 Å². The molecule has 59 valence electrons. The normalized spacial score (nSPS) is 17.0. The second-order valence-electron chi connectivity index (χ2n) is 1.95. The van der Waals surface area contributed by atoms with Crippen LogP contribution in [0.5, 0.6) is 0 Å². The van der Waals surface area contributed by atoms with Gasteiger partial charge in [-0.3, -0.25) is 0 Å². The molecule has 0 saturated heterocycles. The van der Waals surface area contributed by atoms with Crippen molar-refractivity contribution in [1.82, 2.24) is 5.32 Å². The summed E-state index contributed by atoms with van der Waals surface area (Å²) < 4.78 is 4.82. The molecule has 2 N–H and O–H groups in total. The van der Waals surface area contributed by atoms with E-state index in [2.05, 4.69) is 5.32 Å². The van der Waals surface area contributed by atoms with Gasteiger partial charge in [0.25, 0.3) is 0 Å². The van der Waals surface area contributed by atoms with Gasteiger partial charge in [0.15, 0.2) is 6.04 Å². The molecule has 1 radical (unpaired) electrons. The Balaban J connectivity index is 2.68. The molecule has 0 aromatic carbocycles. The van der Waals surface area contributed by atoms with Crippen molar-refractivity contribution in [2.75, 3.05) is 7.11 Å². The van der Waals surface area contributed by atoms with E-state index in [1.165, 1.54) is 19.4 Å². The van der Waals surface area contributed by atoms with E-state index in [1.807, 2.05) is 0 Å². The first-order chi connectivity index (χ1) is 5.24. The average molecular weight is 154 g/mol. The molecule has 1 heterocycles. The molecule has 11 heavy (non-hydrogen) atoms. The minimum absolute atomic E-state index is 0.115. The van der Waals surface area contributed by atoms with E-state index < -0.39 is 5.97 Å². The van der Waals surface area contributed by atoms with E-state index in [-0.39, 0.29) is 6.04 Å². The van der Waals surface area contributed by atoms with Crippen LogP contribution in [0.25, 0.3) is 0 Å². The standard InChI is InChI=1S/C7H8NO3/c1-11-5-2-3-8-6(4-5)7(9)10/h2-4,8H,1H3,(H,9,10). The summed E-state index contributed by atoms with van der Waals surface area (Å²) in [5, 5.41) is 11.1. The van der Waals surface area contributed by atoms with Gasteiger partial charge in [0.2, 0.25) is 0 Å². The quantitative estimate of drug-likeness (QED) is 0.598. The molecule has 0 aromatic heterocycles. The number of aliphatic carboxylic acids is 1. The smallest absolute Gasteiger partial charge is 0.337 e. The van der Waals surface area contributed by atoms with Crippen LogP contribution in [0.2, 0.25) is 0 Å². The van der Waals surface area contributed by atoms with Gasteiger partial charge in [-0.05, 0) is 12.2 Å². The topological polar surface area (TPSA) is 58.6 Å². The Bertz CT molecular complexity index is 220. The lowest BCUT2D eigenvalue weighted by Crippen LogP contribution is -2.24. The highest BCUT2D eigenvalue weighted by molar-refractivity contribution is 5.85. The van der Waals surface area contributed by atoms with E-state index in [1.54, 1.807) is 6.08 Å². The molecule has 1 rings (SSSR count). The van der Waals surface area contributed by atoms with Gasteiger partial charge in [-0.2, -0.15) is 0 Å². The second kappa shape index (κ2) is 3.09. The van der Waals surface area contributed by atoms with Gasteiger partial charge in [-0.1, -0.05) is 0 Å². The van der Waals surface area contributed by atoms with Crippen molar-refractivity contribution in [2.45, 2.75) is 0 Å². The molecule has 1 aliphatic heterocycles. The van der Waals surface area contributed by atoms with Crippen molar-refractivity contribution in [3.63, 3.8) is 0 Å². The summed E-state index contributed by atoms with van der Waals surface area (Å²) in [4.78, 5) is 10.4. The van der Waals surface area contributed by atoms with Gasteiger partial charge in [-0.15, -0.1) is 0 Å². The van der Waals surface area contributed by atoms with Gasteiger partial charge in [0.05, 0.1) is 7.11 Å². The first kappa shape index (κ1) is 7.65. The summed E-state index contributed by atoms with van der Waals surface area (Å²) in [6.45, 7) is 0. The zero-order valence-electron chi connectivity index (χ0n) is 6.00. The molecule has 0 fully saturated rings. The lowest BCUT2D eigenvalue weighted by Gasteiger charge is -2.12. The summed E-state index contributed by atoms with van der Waals surface area (Å²) in [5.41, 5.74) is 0. The fraction of sp³-hybridized carbons (Fsp3) is 0.143. The van der Waals surface area contributed by atoms with Crippen LogP contribution in [0.15, 0.2) is 24.1 Å². The second-order valence-corrected chi connectivity index (χ2v) is 1.95. The predicted octanol–water partition coefficient (Wildman–Crippen LogP) is 0.250. The van der Waals surface area contributed by atoms with Gasteiger partial charge < -0.3 is 15.2 Å². The van der Waals surface area contributed by atoms with Crippen LogP contribution in [0, 0.1) is 6.04 Å². The summed E-state index contributed by atoms with van der Waals surface area (Å²) in [6, 6.07) is 0.115. The molecule has 1 aliphatic rings. The largest absolute Gasteiger partial charge is 0.497 e. The highest BCUT2D eigenvalue weighted by Gasteiger charge is 2.17. The van der Waals surface area contributed by atoms with Crippen LogP contribution < -0.4 is 5.32 Å². The Hall–Kier alpha value is -1.45. The number of ether oxygens (including phenoxy) is 1. The van der Waals surface area contributed by atoms with Crippen LogP contribution in [0.4, 0.5) is 0 Å². The van der Waals surface area contributed by atoms with E-state index in [0.717, 1.165) is 0 Å². The number of carboxylic acids is 1. The number of nitrogens with one attached hydrogen (secondary N) is 1. The molecule has 0 spiro atoms. The first-order valence-electron chi connectivity index (χ1n) is 3.03. The molecule has 4 heteroatoms. The predicted molar refractivity (Wildman–Crippen MR) is 38.2 cm³/mol. The number of methoxy groups -OCH3 is 1. The molecule has 0 unspecified atom stereocenters. The van der Waals surface area contributed by atoms with Crippen LogP contribution in [-0.4, -0.2) is 18.2 Å². The van der Waals surface area contributed by atoms with Gasteiger partial charge in [0, 0.05) is 6.20 Å². The maximum absolute atomic E-state index is 10.4. The summed E-state index contributed by atoms with van der Waals surface area (Å²) in [5.74, 6) is -0.468. The molecule has 0 saturated carbocycles. The highest BCUT2D eigenvalue weighted by atomic mass is 16.5. The molecule has 0 atom stereocenters. The van der Waals surface area contributed by atoms with Crippen molar-refractivity contribution in [3.05, 3.63) is 30.2 Å². The minimum Gasteiger partial charge on any atom is -0.497 e. The fourth-order valence-electron chi connectivity index (χ4n) is 0.696.